The van der Waals surface area contributed by atoms with Gasteiger partial charge < -0.3 is 14.8 Å². The Hall–Kier alpha value is -3.69. The van der Waals surface area contributed by atoms with Crippen LogP contribution in [0.2, 0.25) is 0 Å². The van der Waals surface area contributed by atoms with Crippen molar-refractivity contribution in [2.24, 2.45) is 0 Å². The van der Waals surface area contributed by atoms with Gasteiger partial charge in [0.05, 0.1) is 24.3 Å². The fourth-order valence-electron chi connectivity index (χ4n) is 4.10. The summed E-state index contributed by atoms with van der Waals surface area (Å²) >= 11 is 0. The van der Waals surface area contributed by atoms with Gasteiger partial charge in [0.15, 0.2) is 0 Å². The fourth-order valence-corrected chi connectivity index (χ4v) is 4.10. The van der Waals surface area contributed by atoms with Crippen LogP contribution in [0.25, 0.3) is 0 Å². The monoisotopic (exact) mass is 525 g/mol. The van der Waals surface area contributed by atoms with Gasteiger partial charge in [-0.2, -0.15) is 13.2 Å². The zero-order valence-electron chi connectivity index (χ0n) is 20.0. The van der Waals surface area contributed by atoms with Crippen LogP contribution < -0.4 is 14.8 Å². The molecule has 198 valence electrons. The Morgan fingerprint density at radius 2 is 1.54 bits per heavy atom. The lowest BCUT2D eigenvalue weighted by Gasteiger charge is -2.29. The minimum Gasteiger partial charge on any atom is -0.496 e. The molecule has 0 aliphatic carbocycles. The Labute approximate surface area is 210 Å². The highest BCUT2D eigenvalue weighted by Crippen LogP contribution is 2.37. The molecule has 0 saturated heterocycles. The first-order valence-electron chi connectivity index (χ1n) is 11.4. The normalized spacial score (nSPS) is 13.5. The molecular weight excluding hydrogens is 500 g/mol. The van der Waals surface area contributed by atoms with Crippen LogP contribution in [-0.2, 0) is 6.18 Å². The number of alkyl halides is 6. The van der Waals surface area contributed by atoms with Crippen molar-refractivity contribution in [1.82, 2.24) is 5.32 Å². The van der Waals surface area contributed by atoms with Gasteiger partial charge in [0, 0.05) is 5.92 Å². The summed E-state index contributed by atoms with van der Waals surface area (Å²) in [5, 5.41) is 2.87. The zero-order valence-corrected chi connectivity index (χ0v) is 20.0. The third-order valence-corrected chi connectivity index (χ3v) is 5.76. The van der Waals surface area contributed by atoms with Crippen molar-refractivity contribution >= 4 is 5.91 Å². The van der Waals surface area contributed by atoms with Crippen molar-refractivity contribution in [3.8, 4) is 11.5 Å². The Morgan fingerprint density at radius 1 is 0.892 bits per heavy atom. The SMILES string of the molecule is CCCC(c1ccccc1)C(NC(=O)c1ccc(C(F)(F)F)cc1OC)c1ccc(OC(F)(F)F)cc1. The van der Waals surface area contributed by atoms with Gasteiger partial charge in [-0.1, -0.05) is 55.8 Å². The molecule has 3 aromatic rings. The maximum atomic E-state index is 13.3. The second kappa shape index (κ2) is 11.6. The summed E-state index contributed by atoms with van der Waals surface area (Å²) in [4.78, 5) is 13.3. The number of methoxy groups -OCH3 is 1. The third kappa shape index (κ3) is 7.41. The maximum absolute atomic E-state index is 13.3. The molecule has 2 atom stereocenters. The first kappa shape index (κ1) is 27.9. The number of nitrogens with one attached hydrogen (secondary N) is 1. The van der Waals surface area contributed by atoms with Crippen LogP contribution in [0, 0.1) is 0 Å². The van der Waals surface area contributed by atoms with Gasteiger partial charge in [-0.25, -0.2) is 0 Å². The van der Waals surface area contributed by atoms with Crippen molar-refractivity contribution in [3.05, 3.63) is 95.1 Å². The molecule has 0 bridgehead atoms. The van der Waals surface area contributed by atoms with Crippen LogP contribution in [0.1, 0.15) is 58.8 Å². The van der Waals surface area contributed by atoms with Gasteiger partial charge >= 0.3 is 12.5 Å². The first-order chi connectivity index (χ1) is 17.4. The average molecular weight is 525 g/mol. The van der Waals surface area contributed by atoms with E-state index in [1.54, 1.807) is 0 Å². The molecule has 0 spiro atoms. The van der Waals surface area contributed by atoms with Crippen molar-refractivity contribution in [2.45, 2.75) is 44.3 Å². The summed E-state index contributed by atoms with van der Waals surface area (Å²) < 4.78 is 86.3. The highest BCUT2D eigenvalue weighted by atomic mass is 19.4. The highest BCUT2D eigenvalue weighted by Gasteiger charge is 2.33. The Kier molecular flexibility index (Phi) is 8.73. The maximum Gasteiger partial charge on any atom is 0.573 e. The molecule has 0 fully saturated rings. The quantitative estimate of drug-likeness (QED) is 0.292. The smallest absolute Gasteiger partial charge is 0.496 e. The van der Waals surface area contributed by atoms with Crippen molar-refractivity contribution in [3.63, 3.8) is 0 Å². The zero-order chi connectivity index (χ0) is 27.2. The van der Waals surface area contributed by atoms with E-state index < -0.39 is 35.8 Å². The second-order valence-electron chi connectivity index (χ2n) is 8.29. The number of ether oxygens (including phenoxy) is 2. The molecule has 0 aliphatic rings. The van der Waals surface area contributed by atoms with Crippen molar-refractivity contribution in [2.75, 3.05) is 7.11 Å². The van der Waals surface area contributed by atoms with E-state index in [1.165, 1.54) is 12.1 Å². The van der Waals surface area contributed by atoms with Crippen LogP contribution in [0.15, 0.2) is 72.8 Å². The highest BCUT2D eigenvalue weighted by molar-refractivity contribution is 5.97. The van der Waals surface area contributed by atoms with Crippen LogP contribution in [0.3, 0.4) is 0 Å². The number of amides is 1. The number of rotatable bonds is 9. The van der Waals surface area contributed by atoms with Crippen LogP contribution in [0.5, 0.6) is 11.5 Å². The van der Waals surface area contributed by atoms with Crippen LogP contribution >= 0.6 is 0 Å². The summed E-state index contributed by atoms with van der Waals surface area (Å²) in [6.07, 6.45) is -8.14. The number of hydrogen-bond acceptors (Lipinski definition) is 3. The van der Waals surface area contributed by atoms with Gasteiger partial charge in [-0.05, 0) is 47.9 Å². The summed E-state index contributed by atoms with van der Waals surface area (Å²) in [7, 11) is 1.16. The van der Waals surface area contributed by atoms with E-state index in [1.807, 2.05) is 37.3 Å². The molecule has 3 aromatic carbocycles. The molecule has 0 aromatic heterocycles. The number of hydrogen-bond donors (Lipinski definition) is 1. The molecule has 1 N–H and O–H groups in total. The molecule has 0 radical (unpaired) electrons. The molecule has 0 heterocycles. The van der Waals surface area contributed by atoms with E-state index in [-0.39, 0.29) is 17.2 Å². The van der Waals surface area contributed by atoms with Crippen molar-refractivity contribution in [1.29, 1.82) is 0 Å². The summed E-state index contributed by atoms with van der Waals surface area (Å²) in [6, 6.07) is 16.2. The third-order valence-electron chi connectivity index (χ3n) is 5.76. The largest absolute Gasteiger partial charge is 0.573 e. The lowest BCUT2D eigenvalue weighted by atomic mass is 9.83. The van der Waals surface area contributed by atoms with Gasteiger partial charge in [0.1, 0.15) is 11.5 Å². The Balaban J connectivity index is 2.02. The summed E-state index contributed by atoms with van der Waals surface area (Å²) in [5.74, 6) is -1.66. The number of benzene rings is 3. The Bertz CT molecular complexity index is 1180. The molecule has 3 rings (SSSR count). The lowest BCUT2D eigenvalue weighted by molar-refractivity contribution is -0.274. The molecule has 1 amide bonds. The van der Waals surface area contributed by atoms with Gasteiger partial charge in [-0.3, -0.25) is 4.79 Å². The lowest BCUT2D eigenvalue weighted by Crippen LogP contribution is -2.33. The van der Waals surface area contributed by atoms with Gasteiger partial charge in [0.2, 0.25) is 0 Å². The van der Waals surface area contributed by atoms with E-state index in [2.05, 4.69) is 10.1 Å². The topological polar surface area (TPSA) is 47.6 Å². The molecule has 2 unspecified atom stereocenters. The standard InChI is InChI=1S/C27H25F6NO3/c1-3-7-21(17-8-5-4-6-9-17)24(18-10-13-20(14-11-18)37-27(31,32)33)34-25(35)22-15-12-19(26(28,29)30)16-23(22)36-2/h4-6,8-16,21,24H,3,7H2,1-2H3,(H,34,35). The fraction of sp³-hybridized carbons (Fsp3) is 0.296. The Morgan fingerprint density at radius 3 is 2.08 bits per heavy atom. The molecular formula is C27H25F6NO3. The predicted octanol–water partition coefficient (Wildman–Crippen LogP) is 7.67. The van der Waals surface area contributed by atoms with Crippen LogP contribution in [-0.4, -0.2) is 19.4 Å². The van der Waals surface area contributed by atoms with Crippen LogP contribution in [0.4, 0.5) is 26.3 Å². The minimum absolute atomic E-state index is 0.110. The molecule has 10 heteroatoms. The predicted molar refractivity (Wildman–Crippen MR) is 125 cm³/mol. The molecule has 37 heavy (non-hydrogen) atoms. The van der Waals surface area contributed by atoms with E-state index in [0.29, 0.717) is 12.0 Å². The number of halogens is 6. The van der Waals surface area contributed by atoms with Crippen molar-refractivity contribution < 1.29 is 40.6 Å². The summed E-state index contributed by atoms with van der Waals surface area (Å²) in [5.41, 5.74) is 0.299. The summed E-state index contributed by atoms with van der Waals surface area (Å²) in [6.45, 7) is 1.95. The first-order valence-corrected chi connectivity index (χ1v) is 11.4. The molecule has 4 nitrogen and oxygen atoms in total. The molecule has 0 aliphatic heterocycles. The van der Waals surface area contributed by atoms with Gasteiger partial charge in [0.25, 0.3) is 5.91 Å². The van der Waals surface area contributed by atoms with E-state index in [0.717, 1.165) is 49.4 Å². The molecule has 0 saturated carbocycles. The average Bonchev–Trinajstić information content (AvgIpc) is 2.85. The van der Waals surface area contributed by atoms with E-state index >= 15 is 0 Å². The minimum atomic E-state index is -4.86. The van der Waals surface area contributed by atoms with Gasteiger partial charge in [-0.15, -0.1) is 13.2 Å². The number of carbonyl (C=O) groups is 1. The number of carbonyl (C=O) groups excluding carboxylic acids is 1. The van der Waals surface area contributed by atoms with E-state index in [4.69, 9.17) is 4.74 Å². The van der Waals surface area contributed by atoms with E-state index in [9.17, 15) is 31.1 Å². The second-order valence-corrected chi connectivity index (χ2v) is 8.29.